The SMILES string of the molecule is C[C@@H]1CCCN(S(=O)(=O)N2CCN(Cc3ccncc3)CC2)C1. The van der Waals surface area contributed by atoms with Crippen LogP contribution < -0.4 is 0 Å². The molecule has 1 aromatic heterocycles. The molecule has 23 heavy (non-hydrogen) atoms. The number of aromatic nitrogens is 1. The number of hydrogen-bond donors (Lipinski definition) is 0. The van der Waals surface area contributed by atoms with Crippen LogP contribution in [-0.2, 0) is 16.8 Å². The molecule has 2 fully saturated rings. The predicted molar refractivity (Wildman–Crippen MR) is 90.0 cm³/mol. The molecular formula is C16H26N4O2S. The van der Waals surface area contributed by atoms with E-state index >= 15 is 0 Å². The molecule has 0 bridgehead atoms. The first-order chi connectivity index (χ1) is 11.1. The van der Waals surface area contributed by atoms with Crippen LogP contribution in [0.1, 0.15) is 25.3 Å². The Labute approximate surface area is 139 Å². The molecule has 0 aromatic carbocycles. The van der Waals surface area contributed by atoms with Crippen molar-refractivity contribution in [3.05, 3.63) is 30.1 Å². The minimum atomic E-state index is -3.28. The third-order valence-corrected chi connectivity index (χ3v) is 6.76. The average molecular weight is 338 g/mol. The number of pyridine rings is 1. The number of nitrogens with zero attached hydrogens (tertiary/aromatic N) is 4. The highest BCUT2D eigenvalue weighted by molar-refractivity contribution is 7.86. The zero-order chi connectivity index (χ0) is 16.3. The Kier molecular flexibility index (Phi) is 5.31. The molecule has 1 aromatic rings. The van der Waals surface area contributed by atoms with Gasteiger partial charge in [-0.3, -0.25) is 9.88 Å². The fraction of sp³-hybridized carbons (Fsp3) is 0.688. The molecule has 2 aliphatic rings. The molecule has 7 heteroatoms. The summed E-state index contributed by atoms with van der Waals surface area (Å²) in [4.78, 5) is 6.33. The lowest BCUT2D eigenvalue weighted by molar-refractivity contribution is 0.169. The van der Waals surface area contributed by atoms with E-state index < -0.39 is 10.2 Å². The van der Waals surface area contributed by atoms with Crippen LogP contribution in [0.15, 0.2) is 24.5 Å². The van der Waals surface area contributed by atoms with Gasteiger partial charge in [0.2, 0.25) is 0 Å². The Morgan fingerprint density at radius 1 is 1.09 bits per heavy atom. The van der Waals surface area contributed by atoms with Crippen LogP contribution in [0.5, 0.6) is 0 Å². The van der Waals surface area contributed by atoms with Gasteiger partial charge in [0.1, 0.15) is 0 Å². The van der Waals surface area contributed by atoms with Crippen LogP contribution in [0.25, 0.3) is 0 Å². The Morgan fingerprint density at radius 3 is 2.43 bits per heavy atom. The first kappa shape index (κ1) is 16.8. The fourth-order valence-corrected chi connectivity index (χ4v) is 5.14. The van der Waals surface area contributed by atoms with Crippen molar-refractivity contribution in [2.75, 3.05) is 39.3 Å². The number of hydrogen-bond acceptors (Lipinski definition) is 4. The number of rotatable bonds is 4. The summed E-state index contributed by atoms with van der Waals surface area (Å²) in [5, 5.41) is 0. The summed E-state index contributed by atoms with van der Waals surface area (Å²) in [6.45, 7) is 7.06. The quantitative estimate of drug-likeness (QED) is 0.827. The van der Waals surface area contributed by atoms with E-state index in [9.17, 15) is 8.42 Å². The summed E-state index contributed by atoms with van der Waals surface area (Å²) in [7, 11) is -3.28. The Hall–Kier alpha value is -1.02. The smallest absolute Gasteiger partial charge is 0.282 e. The van der Waals surface area contributed by atoms with Gasteiger partial charge in [-0.2, -0.15) is 17.0 Å². The average Bonchev–Trinajstić information content (AvgIpc) is 2.56. The molecule has 0 saturated carbocycles. The van der Waals surface area contributed by atoms with E-state index in [0.717, 1.165) is 32.5 Å². The van der Waals surface area contributed by atoms with Crippen molar-refractivity contribution in [3.8, 4) is 0 Å². The third-order valence-electron chi connectivity index (χ3n) is 4.76. The molecular weight excluding hydrogens is 312 g/mol. The molecule has 6 nitrogen and oxygen atoms in total. The van der Waals surface area contributed by atoms with Gasteiger partial charge in [-0.15, -0.1) is 0 Å². The van der Waals surface area contributed by atoms with Crippen LogP contribution in [0.3, 0.4) is 0 Å². The van der Waals surface area contributed by atoms with Gasteiger partial charge in [-0.1, -0.05) is 6.92 Å². The first-order valence-electron chi connectivity index (χ1n) is 8.42. The van der Waals surface area contributed by atoms with Gasteiger partial charge in [0, 0.05) is 58.2 Å². The zero-order valence-corrected chi connectivity index (χ0v) is 14.6. The summed E-state index contributed by atoms with van der Waals surface area (Å²) >= 11 is 0. The molecule has 0 amide bonds. The molecule has 2 saturated heterocycles. The highest BCUT2D eigenvalue weighted by Gasteiger charge is 2.34. The molecule has 2 aliphatic heterocycles. The fourth-order valence-electron chi connectivity index (χ4n) is 3.38. The van der Waals surface area contributed by atoms with Crippen molar-refractivity contribution in [3.63, 3.8) is 0 Å². The maximum absolute atomic E-state index is 12.8. The number of piperidine rings is 1. The van der Waals surface area contributed by atoms with Crippen molar-refractivity contribution < 1.29 is 8.42 Å². The second-order valence-electron chi connectivity index (χ2n) is 6.64. The summed E-state index contributed by atoms with van der Waals surface area (Å²) in [6.07, 6.45) is 5.70. The van der Waals surface area contributed by atoms with Gasteiger partial charge in [0.25, 0.3) is 10.2 Å². The number of piperazine rings is 1. The molecule has 1 atom stereocenters. The van der Waals surface area contributed by atoms with Crippen LogP contribution >= 0.6 is 0 Å². The van der Waals surface area contributed by atoms with E-state index in [4.69, 9.17) is 0 Å². The second kappa shape index (κ2) is 7.25. The van der Waals surface area contributed by atoms with E-state index in [-0.39, 0.29) is 0 Å². The van der Waals surface area contributed by atoms with Crippen LogP contribution in [0.4, 0.5) is 0 Å². The minimum absolute atomic E-state index is 0.464. The van der Waals surface area contributed by atoms with Crippen LogP contribution in [0.2, 0.25) is 0 Å². The monoisotopic (exact) mass is 338 g/mol. The molecule has 3 rings (SSSR count). The summed E-state index contributed by atoms with van der Waals surface area (Å²) in [6, 6.07) is 4.02. The van der Waals surface area contributed by atoms with Crippen LogP contribution in [-0.4, -0.2) is 66.2 Å². The van der Waals surface area contributed by atoms with Gasteiger partial charge in [0.05, 0.1) is 0 Å². The summed E-state index contributed by atoms with van der Waals surface area (Å²) in [5.74, 6) is 0.464. The molecule has 0 spiro atoms. The minimum Gasteiger partial charge on any atom is -0.296 e. The first-order valence-corrected chi connectivity index (χ1v) is 9.82. The van der Waals surface area contributed by atoms with Crippen LogP contribution in [0, 0.1) is 5.92 Å². The Bertz CT molecular complexity index is 600. The van der Waals surface area contributed by atoms with Crippen molar-refractivity contribution >= 4 is 10.2 Å². The summed E-state index contributed by atoms with van der Waals surface area (Å²) < 4.78 is 28.9. The molecule has 0 radical (unpaired) electrons. The molecule has 0 unspecified atom stereocenters. The highest BCUT2D eigenvalue weighted by Crippen LogP contribution is 2.21. The van der Waals surface area contributed by atoms with E-state index in [1.165, 1.54) is 5.56 Å². The maximum atomic E-state index is 12.8. The normalized spacial score (nSPS) is 25.5. The zero-order valence-electron chi connectivity index (χ0n) is 13.8. The topological polar surface area (TPSA) is 56.8 Å². The van der Waals surface area contributed by atoms with E-state index in [1.807, 2.05) is 12.1 Å². The second-order valence-corrected chi connectivity index (χ2v) is 8.57. The lowest BCUT2D eigenvalue weighted by Gasteiger charge is -2.38. The van der Waals surface area contributed by atoms with Gasteiger partial charge >= 0.3 is 0 Å². The van der Waals surface area contributed by atoms with Gasteiger partial charge in [-0.25, -0.2) is 0 Å². The van der Waals surface area contributed by atoms with Crippen molar-refractivity contribution in [1.29, 1.82) is 0 Å². The van der Waals surface area contributed by atoms with Gasteiger partial charge < -0.3 is 0 Å². The largest absolute Gasteiger partial charge is 0.296 e. The molecule has 0 aliphatic carbocycles. The molecule has 0 N–H and O–H groups in total. The predicted octanol–water partition coefficient (Wildman–Crippen LogP) is 1.18. The maximum Gasteiger partial charge on any atom is 0.282 e. The van der Waals surface area contributed by atoms with Crippen molar-refractivity contribution in [1.82, 2.24) is 18.5 Å². The van der Waals surface area contributed by atoms with E-state index in [1.54, 1.807) is 21.0 Å². The molecule has 3 heterocycles. The van der Waals surface area contributed by atoms with E-state index in [0.29, 0.717) is 32.1 Å². The standard InChI is InChI=1S/C16H26N4O2S/c1-15-3-2-8-20(13-15)23(21,22)19-11-9-18(10-12-19)14-16-4-6-17-7-5-16/h4-7,15H,2-3,8-14H2,1H3/t15-/m1/s1. The van der Waals surface area contributed by atoms with E-state index in [2.05, 4.69) is 16.8 Å². The molecule has 128 valence electrons. The Balaban J connectivity index is 1.55. The van der Waals surface area contributed by atoms with Crippen molar-refractivity contribution in [2.24, 2.45) is 5.92 Å². The van der Waals surface area contributed by atoms with Gasteiger partial charge in [-0.05, 0) is 36.5 Å². The summed E-state index contributed by atoms with van der Waals surface area (Å²) in [5.41, 5.74) is 1.22. The van der Waals surface area contributed by atoms with Gasteiger partial charge in [0.15, 0.2) is 0 Å². The highest BCUT2D eigenvalue weighted by atomic mass is 32.2. The van der Waals surface area contributed by atoms with Crippen molar-refractivity contribution in [2.45, 2.75) is 26.3 Å². The Morgan fingerprint density at radius 2 is 1.78 bits per heavy atom. The lowest BCUT2D eigenvalue weighted by atomic mass is 10.0. The third kappa shape index (κ3) is 4.09. The lowest BCUT2D eigenvalue weighted by Crippen LogP contribution is -2.54.